The van der Waals surface area contributed by atoms with Crippen molar-refractivity contribution in [2.45, 2.75) is 52.5 Å². The van der Waals surface area contributed by atoms with Crippen molar-refractivity contribution in [2.24, 2.45) is 11.7 Å². The predicted octanol–water partition coefficient (Wildman–Crippen LogP) is 3.70. The van der Waals surface area contributed by atoms with Crippen molar-refractivity contribution in [2.75, 3.05) is 0 Å². The lowest BCUT2D eigenvalue weighted by atomic mass is 9.89. The van der Waals surface area contributed by atoms with Crippen molar-refractivity contribution in [1.82, 2.24) is 4.57 Å². The first kappa shape index (κ1) is 12.3. The largest absolute Gasteiger partial charge is 0.402 e. The van der Waals surface area contributed by atoms with Gasteiger partial charge in [-0.05, 0) is 50.3 Å². The summed E-state index contributed by atoms with van der Waals surface area (Å²) in [6.45, 7) is 5.27. The lowest BCUT2D eigenvalue weighted by molar-refractivity contribution is 0.319. The Balaban J connectivity index is 2.12. The van der Waals surface area contributed by atoms with Crippen LogP contribution >= 0.6 is 0 Å². The summed E-state index contributed by atoms with van der Waals surface area (Å²) in [5.41, 5.74) is 9.30. The Morgan fingerprint density at radius 2 is 2.12 bits per heavy atom. The van der Waals surface area contributed by atoms with Crippen molar-refractivity contribution in [3.63, 3.8) is 0 Å². The fourth-order valence-electron chi connectivity index (χ4n) is 2.81. The molecule has 0 aliphatic heterocycles. The molecule has 1 aliphatic rings. The van der Waals surface area contributed by atoms with Crippen LogP contribution in [0.5, 0.6) is 0 Å². The zero-order valence-electron chi connectivity index (χ0n) is 11.1. The molecule has 1 aliphatic carbocycles. The Kier molecular flexibility index (Phi) is 3.93. The normalized spacial score (nSPS) is 18.6. The number of aryl methyl sites for hydroxylation is 1. The van der Waals surface area contributed by atoms with Gasteiger partial charge in [-0.2, -0.15) is 0 Å². The summed E-state index contributed by atoms with van der Waals surface area (Å²) in [6, 6.07) is 2.19. The molecule has 1 saturated carbocycles. The first-order chi connectivity index (χ1) is 8.16. The molecular weight excluding hydrogens is 208 g/mol. The van der Waals surface area contributed by atoms with Gasteiger partial charge in [0.1, 0.15) is 0 Å². The van der Waals surface area contributed by atoms with E-state index in [0.717, 1.165) is 18.2 Å². The Morgan fingerprint density at radius 3 is 2.76 bits per heavy atom. The summed E-state index contributed by atoms with van der Waals surface area (Å²) in [5.74, 6) is 0.862. The first-order valence-corrected chi connectivity index (χ1v) is 6.76. The van der Waals surface area contributed by atoms with Crippen LogP contribution in [0.15, 0.2) is 18.0 Å². The maximum absolute atomic E-state index is 5.80. The molecule has 2 N–H and O–H groups in total. The molecule has 0 bridgehead atoms. The Bertz CT molecular complexity index is 391. The van der Waals surface area contributed by atoms with Crippen LogP contribution < -0.4 is 5.73 Å². The standard InChI is InChI=1S/C15H24N2/c1-12-8-9-17(15(12)10-13(2)16)11-14-6-4-3-5-7-14/h8-10,14H,3-7,11,16H2,1-2H3/b13-10+. The Labute approximate surface area is 105 Å². The molecule has 0 saturated heterocycles. The van der Waals surface area contributed by atoms with Crippen molar-refractivity contribution in [3.8, 4) is 0 Å². The quantitative estimate of drug-likeness (QED) is 0.846. The van der Waals surface area contributed by atoms with E-state index in [0.29, 0.717) is 0 Å². The van der Waals surface area contributed by atoms with Crippen LogP contribution in [0.4, 0.5) is 0 Å². The van der Waals surface area contributed by atoms with E-state index in [4.69, 9.17) is 5.73 Å². The SMILES string of the molecule is C/C(N)=C\c1c(C)ccn1CC1CCCCC1. The van der Waals surface area contributed by atoms with Gasteiger partial charge >= 0.3 is 0 Å². The minimum absolute atomic E-state index is 0.862. The minimum Gasteiger partial charge on any atom is -0.402 e. The second-order valence-corrected chi connectivity index (χ2v) is 5.43. The highest BCUT2D eigenvalue weighted by Gasteiger charge is 2.15. The number of rotatable bonds is 3. The molecular formula is C15H24N2. The summed E-state index contributed by atoms with van der Waals surface area (Å²) in [7, 11) is 0. The summed E-state index contributed by atoms with van der Waals surface area (Å²) in [5, 5.41) is 0. The first-order valence-electron chi connectivity index (χ1n) is 6.76. The van der Waals surface area contributed by atoms with Gasteiger partial charge in [0.25, 0.3) is 0 Å². The second kappa shape index (κ2) is 5.44. The highest BCUT2D eigenvalue weighted by atomic mass is 15.0. The van der Waals surface area contributed by atoms with Gasteiger partial charge in [0, 0.05) is 24.1 Å². The summed E-state index contributed by atoms with van der Waals surface area (Å²) < 4.78 is 2.38. The van der Waals surface area contributed by atoms with Gasteiger partial charge in [0.05, 0.1) is 0 Å². The molecule has 2 nitrogen and oxygen atoms in total. The van der Waals surface area contributed by atoms with Crippen LogP contribution in [0.1, 0.15) is 50.3 Å². The van der Waals surface area contributed by atoms with E-state index in [1.165, 1.54) is 43.4 Å². The molecule has 0 atom stereocenters. The summed E-state index contributed by atoms with van der Waals surface area (Å²) >= 11 is 0. The summed E-state index contributed by atoms with van der Waals surface area (Å²) in [4.78, 5) is 0. The van der Waals surface area contributed by atoms with E-state index in [-0.39, 0.29) is 0 Å². The van der Waals surface area contributed by atoms with Gasteiger partial charge in [-0.1, -0.05) is 19.3 Å². The third-order valence-electron chi connectivity index (χ3n) is 3.76. The molecule has 94 valence electrons. The van der Waals surface area contributed by atoms with Gasteiger partial charge in [-0.15, -0.1) is 0 Å². The predicted molar refractivity (Wildman–Crippen MR) is 73.6 cm³/mol. The number of nitrogens with two attached hydrogens (primary N) is 1. The molecule has 0 radical (unpaired) electrons. The van der Waals surface area contributed by atoms with E-state index in [1.807, 2.05) is 6.92 Å². The third kappa shape index (κ3) is 3.15. The zero-order valence-corrected chi connectivity index (χ0v) is 11.1. The number of aromatic nitrogens is 1. The maximum atomic E-state index is 5.80. The van der Waals surface area contributed by atoms with Crippen LogP contribution in [0.25, 0.3) is 6.08 Å². The molecule has 0 amide bonds. The van der Waals surface area contributed by atoms with Gasteiger partial charge < -0.3 is 10.3 Å². The van der Waals surface area contributed by atoms with Gasteiger partial charge in [-0.3, -0.25) is 0 Å². The Morgan fingerprint density at radius 1 is 1.41 bits per heavy atom. The van der Waals surface area contributed by atoms with Gasteiger partial charge in [0.15, 0.2) is 0 Å². The average Bonchev–Trinajstić information content (AvgIpc) is 2.62. The Hall–Kier alpha value is -1.18. The highest BCUT2D eigenvalue weighted by Crippen LogP contribution is 2.26. The number of allylic oxidation sites excluding steroid dienone is 1. The second-order valence-electron chi connectivity index (χ2n) is 5.43. The van der Waals surface area contributed by atoms with Crippen molar-refractivity contribution >= 4 is 6.08 Å². The summed E-state index contributed by atoms with van der Waals surface area (Å²) in [6.07, 6.45) is 11.3. The molecule has 1 heterocycles. The fraction of sp³-hybridized carbons (Fsp3) is 0.600. The van der Waals surface area contributed by atoms with Gasteiger partial charge in [0.2, 0.25) is 0 Å². The maximum Gasteiger partial charge on any atom is 0.0453 e. The number of hydrogen-bond donors (Lipinski definition) is 1. The third-order valence-corrected chi connectivity index (χ3v) is 3.76. The molecule has 1 aromatic heterocycles. The molecule has 1 fully saturated rings. The lowest BCUT2D eigenvalue weighted by Gasteiger charge is -2.23. The molecule has 0 aromatic carbocycles. The van der Waals surface area contributed by atoms with Gasteiger partial charge in [-0.25, -0.2) is 0 Å². The zero-order chi connectivity index (χ0) is 12.3. The van der Waals surface area contributed by atoms with E-state index >= 15 is 0 Å². The molecule has 2 heteroatoms. The number of hydrogen-bond acceptors (Lipinski definition) is 1. The molecule has 1 aromatic rings. The smallest absolute Gasteiger partial charge is 0.0453 e. The molecule has 0 spiro atoms. The van der Waals surface area contributed by atoms with E-state index in [2.05, 4.69) is 29.8 Å². The molecule has 17 heavy (non-hydrogen) atoms. The van der Waals surface area contributed by atoms with E-state index in [1.54, 1.807) is 0 Å². The van der Waals surface area contributed by atoms with Crippen LogP contribution in [0.3, 0.4) is 0 Å². The van der Waals surface area contributed by atoms with E-state index < -0.39 is 0 Å². The highest BCUT2D eigenvalue weighted by molar-refractivity contribution is 5.52. The topological polar surface area (TPSA) is 30.9 Å². The van der Waals surface area contributed by atoms with Crippen LogP contribution in [0, 0.1) is 12.8 Å². The van der Waals surface area contributed by atoms with Crippen molar-refractivity contribution < 1.29 is 0 Å². The van der Waals surface area contributed by atoms with Crippen molar-refractivity contribution in [1.29, 1.82) is 0 Å². The van der Waals surface area contributed by atoms with Crippen LogP contribution in [0.2, 0.25) is 0 Å². The average molecular weight is 232 g/mol. The minimum atomic E-state index is 0.862. The van der Waals surface area contributed by atoms with Crippen molar-refractivity contribution in [3.05, 3.63) is 29.2 Å². The van der Waals surface area contributed by atoms with Crippen LogP contribution in [-0.4, -0.2) is 4.57 Å². The lowest BCUT2D eigenvalue weighted by Crippen LogP contribution is -2.14. The fourth-order valence-corrected chi connectivity index (χ4v) is 2.81. The molecule has 2 rings (SSSR count). The number of nitrogens with zero attached hydrogens (tertiary/aromatic N) is 1. The monoisotopic (exact) mass is 232 g/mol. The van der Waals surface area contributed by atoms with Crippen LogP contribution in [-0.2, 0) is 6.54 Å². The van der Waals surface area contributed by atoms with E-state index in [9.17, 15) is 0 Å². The molecule has 0 unspecified atom stereocenters.